The third kappa shape index (κ3) is 5.22. The Morgan fingerprint density at radius 2 is 1.73 bits per heavy atom. The van der Waals surface area contributed by atoms with Gasteiger partial charge in [0.05, 0.1) is 0 Å². The summed E-state index contributed by atoms with van der Waals surface area (Å²) in [5.74, 6) is 0. The molecular formula is C9H22N2. The first kappa shape index (κ1) is 10.9. The van der Waals surface area contributed by atoms with Crippen molar-refractivity contribution in [1.29, 1.82) is 0 Å². The van der Waals surface area contributed by atoms with Gasteiger partial charge in [-0.15, -0.1) is 0 Å². The molecule has 68 valence electrons. The van der Waals surface area contributed by atoms with Crippen LogP contribution in [0.1, 0.15) is 27.2 Å². The molecule has 1 unspecified atom stereocenters. The molecule has 0 aromatic heterocycles. The molecule has 0 aliphatic heterocycles. The zero-order chi connectivity index (χ0) is 9.07. The summed E-state index contributed by atoms with van der Waals surface area (Å²) in [6.07, 6.45) is 1.16. The molecule has 0 heterocycles. The molecule has 0 aromatic carbocycles. The van der Waals surface area contributed by atoms with Crippen LogP contribution in [0.3, 0.4) is 0 Å². The van der Waals surface area contributed by atoms with Crippen LogP contribution in [0.25, 0.3) is 0 Å². The first-order valence-corrected chi connectivity index (χ1v) is 4.23. The van der Waals surface area contributed by atoms with Crippen molar-refractivity contribution in [2.75, 3.05) is 20.6 Å². The van der Waals surface area contributed by atoms with Gasteiger partial charge in [-0.25, -0.2) is 0 Å². The van der Waals surface area contributed by atoms with Crippen molar-refractivity contribution in [3.8, 4) is 0 Å². The first-order chi connectivity index (χ1) is 4.87. The fourth-order valence-corrected chi connectivity index (χ4v) is 1.18. The molecule has 11 heavy (non-hydrogen) atoms. The number of hydrogen-bond acceptors (Lipinski definition) is 2. The summed E-state index contributed by atoms with van der Waals surface area (Å²) in [7, 11) is 4.17. The molecule has 0 aliphatic carbocycles. The molecule has 0 bridgehead atoms. The van der Waals surface area contributed by atoms with Crippen molar-refractivity contribution in [3.63, 3.8) is 0 Å². The number of nitrogens with zero attached hydrogens (tertiary/aromatic N) is 1. The second-order valence-electron chi connectivity index (χ2n) is 4.62. The van der Waals surface area contributed by atoms with Crippen LogP contribution in [-0.2, 0) is 0 Å². The SMILES string of the molecule is CN(C)C(CN)CC(C)(C)C. The van der Waals surface area contributed by atoms with Gasteiger partial charge in [0.25, 0.3) is 0 Å². The summed E-state index contributed by atoms with van der Waals surface area (Å²) in [5.41, 5.74) is 6.02. The summed E-state index contributed by atoms with van der Waals surface area (Å²) < 4.78 is 0. The Morgan fingerprint density at radius 3 is 1.82 bits per heavy atom. The van der Waals surface area contributed by atoms with Crippen LogP contribution >= 0.6 is 0 Å². The molecule has 0 spiro atoms. The van der Waals surface area contributed by atoms with E-state index in [1.807, 2.05) is 0 Å². The van der Waals surface area contributed by atoms with Crippen LogP contribution in [0, 0.1) is 5.41 Å². The van der Waals surface area contributed by atoms with Gasteiger partial charge in [-0.3, -0.25) is 0 Å². The van der Waals surface area contributed by atoms with E-state index in [2.05, 4.69) is 39.8 Å². The van der Waals surface area contributed by atoms with Crippen molar-refractivity contribution >= 4 is 0 Å². The van der Waals surface area contributed by atoms with E-state index < -0.39 is 0 Å². The Kier molecular flexibility index (Phi) is 4.04. The normalized spacial score (nSPS) is 15.5. The van der Waals surface area contributed by atoms with E-state index in [4.69, 9.17) is 5.73 Å². The molecule has 0 aliphatic rings. The molecule has 0 fully saturated rings. The van der Waals surface area contributed by atoms with Gasteiger partial charge in [-0.05, 0) is 25.9 Å². The molecule has 0 amide bonds. The van der Waals surface area contributed by atoms with Crippen molar-refractivity contribution in [1.82, 2.24) is 4.90 Å². The van der Waals surface area contributed by atoms with Crippen LogP contribution < -0.4 is 5.73 Å². The average Bonchev–Trinajstić information content (AvgIpc) is 1.80. The van der Waals surface area contributed by atoms with E-state index in [9.17, 15) is 0 Å². The zero-order valence-corrected chi connectivity index (χ0v) is 8.52. The smallest absolute Gasteiger partial charge is 0.0217 e. The van der Waals surface area contributed by atoms with Crippen molar-refractivity contribution < 1.29 is 0 Å². The maximum absolute atomic E-state index is 5.64. The quantitative estimate of drug-likeness (QED) is 0.671. The molecule has 0 rings (SSSR count). The largest absolute Gasteiger partial charge is 0.329 e. The fraction of sp³-hybridized carbons (Fsp3) is 1.00. The lowest BCUT2D eigenvalue weighted by molar-refractivity contribution is 0.214. The monoisotopic (exact) mass is 158 g/mol. The minimum Gasteiger partial charge on any atom is -0.329 e. The average molecular weight is 158 g/mol. The van der Waals surface area contributed by atoms with Crippen molar-refractivity contribution in [3.05, 3.63) is 0 Å². The van der Waals surface area contributed by atoms with Gasteiger partial charge in [0.1, 0.15) is 0 Å². The predicted molar refractivity (Wildman–Crippen MR) is 50.6 cm³/mol. The highest BCUT2D eigenvalue weighted by atomic mass is 15.1. The maximum atomic E-state index is 5.64. The Balaban J connectivity index is 3.88. The van der Waals surface area contributed by atoms with E-state index in [1.54, 1.807) is 0 Å². The molecular weight excluding hydrogens is 136 g/mol. The van der Waals surface area contributed by atoms with E-state index in [0.29, 0.717) is 11.5 Å². The number of likely N-dealkylation sites (N-methyl/N-ethyl adjacent to an activating group) is 1. The standard InChI is InChI=1S/C9H22N2/c1-9(2,3)6-8(7-10)11(4)5/h8H,6-7,10H2,1-5H3. The summed E-state index contributed by atoms with van der Waals surface area (Å²) in [6, 6.07) is 0.523. The summed E-state index contributed by atoms with van der Waals surface area (Å²) in [6.45, 7) is 7.50. The Labute approximate surface area is 70.8 Å². The summed E-state index contributed by atoms with van der Waals surface area (Å²) >= 11 is 0. The minimum absolute atomic E-state index is 0.383. The Morgan fingerprint density at radius 1 is 1.27 bits per heavy atom. The first-order valence-electron chi connectivity index (χ1n) is 4.23. The lowest BCUT2D eigenvalue weighted by atomic mass is 9.88. The molecule has 2 N–H and O–H groups in total. The fourth-order valence-electron chi connectivity index (χ4n) is 1.18. The third-order valence-electron chi connectivity index (χ3n) is 1.85. The minimum atomic E-state index is 0.383. The van der Waals surface area contributed by atoms with Gasteiger partial charge in [0.15, 0.2) is 0 Å². The topological polar surface area (TPSA) is 29.3 Å². The lowest BCUT2D eigenvalue weighted by Gasteiger charge is -2.29. The molecule has 0 saturated heterocycles. The number of hydrogen-bond donors (Lipinski definition) is 1. The van der Waals surface area contributed by atoms with E-state index in [1.165, 1.54) is 0 Å². The number of nitrogens with two attached hydrogens (primary N) is 1. The molecule has 2 heteroatoms. The second-order valence-corrected chi connectivity index (χ2v) is 4.62. The summed E-state index contributed by atoms with van der Waals surface area (Å²) in [4.78, 5) is 2.20. The highest BCUT2D eigenvalue weighted by molar-refractivity contribution is 4.74. The van der Waals surface area contributed by atoms with Gasteiger partial charge < -0.3 is 10.6 Å². The van der Waals surface area contributed by atoms with Crippen molar-refractivity contribution in [2.45, 2.75) is 33.2 Å². The molecule has 1 atom stereocenters. The van der Waals surface area contributed by atoms with Gasteiger partial charge in [0, 0.05) is 12.6 Å². The maximum Gasteiger partial charge on any atom is 0.0217 e. The van der Waals surface area contributed by atoms with Crippen LogP contribution in [0.2, 0.25) is 0 Å². The Bertz CT molecular complexity index is 103. The molecule has 0 aromatic rings. The zero-order valence-electron chi connectivity index (χ0n) is 8.52. The second kappa shape index (κ2) is 4.07. The van der Waals surface area contributed by atoms with E-state index >= 15 is 0 Å². The predicted octanol–water partition coefficient (Wildman–Crippen LogP) is 1.31. The highest BCUT2D eigenvalue weighted by Gasteiger charge is 2.18. The molecule has 0 saturated carbocycles. The van der Waals surface area contributed by atoms with Gasteiger partial charge in [-0.2, -0.15) is 0 Å². The molecule has 2 nitrogen and oxygen atoms in total. The van der Waals surface area contributed by atoms with Gasteiger partial charge >= 0.3 is 0 Å². The van der Waals surface area contributed by atoms with E-state index in [-0.39, 0.29) is 0 Å². The molecule has 0 radical (unpaired) electrons. The summed E-state index contributed by atoms with van der Waals surface area (Å²) in [5, 5.41) is 0. The number of rotatable bonds is 3. The van der Waals surface area contributed by atoms with Crippen molar-refractivity contribution in [2.24, 2.45) is 11.1 Å². The lowest BCUT2D eigenvalue weighted by Crippen LogP contribution is -2.38. The highest BCUT2D eigenvalue weighted by Crippen LogP contribution is 2.21. The Hall–Kier alpha value is -0.0800. The van der Waals surface area contributed by atoms with Crippen LogP contribution in [0.4, 0.5) is 0 Å². The van der Waals surface area contributed by atoms with Gasteiger partial charge in [-0.1, -0.05) is 20.8 Å². The van der Waals surface area contributed by atoms with Crippen LogP contribution in [0.5, 0.6) is 0 Å². The van der Waals surface area contributed by atoms with Crippen LogP contribution in [0.15, 0.2) is 0 Å². The third-order valence-corrected chi connectivity index (χ3v) is 1.85. The van der Waals surface area contributed by atoms with Gasteiger partial charge in [0.2, 0.25) is 0 Å². The van der Waals surface area contributed by atoms with Crippen LogP contribution in [-0.4, -0.2) is 31.6 Å². The van der Waals surface area contributed by atoms with E-state index in [0.717, 1.165) is 13.0 Å².